The average Bonchev–Trinajstić information content (AvgIpc) is 2.88. The Hall–Kier alpha value is -2.04. The molecule has 5 heteroatoms. The Bertz CT molecular complexity index is 732. The standard InChI is InChI=1S/C15H19N3O2/c1-2-9-3-4-10(7-9)16-11-5-6-12-13(8-11)18-15(20)14(19)17-12/h5-6,8-10,16H,2-4,7H2,1H3,(H,17,19)(H,18,20). The van der Waals surface area contributed by atoms with Gasteiger partial charge in [-0.15, -0.1) is 0 Å². The summed E-state index contributed by atoms with van der Waals surface area (Å²) in [6.45, 7) is 2.24. The largest absolute Gasteiger partial charge is 0.382 e. The van der Waals surface area contributed by atoms with Crippen molar-refractivity contribution < 1.29 is 0 Å². The molecule has 1 saturated carbocycles. The lowest BCUT2D eigenvalue weighted by molar-refractivity contribution is 0.525. The highest BCUT2D eigenvalue weighted by Gasteiger charge is 2.22. The summed E-state index contributed by atoms with van der Waals surface area (Å²) in [6, 6.07) is 6.15. The van der Waals surface area contributed by atoms with Crippen molar-refractivity contribution in [3.05, 3.63) is 38.9 Å². The molecule has 3 N–H and O–H groups in total. The number of hydrogen-bond donors (Lipinski definition) is 3. The lowest BCUT2D eigenvalue weighted by Crippen LogP contribution is -2.28. The minimum atomic E-state index is -0.611. The molecule has 0 spiro atoms. The molecule has 1 fully saturated rings. The van der Waals surface area contributed by atoms with Crippen molar-refractivity contribution in [3.8, 4) is 0 Å². The van der Waals surface area contributed by atoms with Crippen LogP contribution in [-0.2, 0) is 0 Å². The fourth-order valence-electron chi connectivity index (χ4n) is 3.02. The summed E-state index contributed by atoms with van der Waals surface area (Å²) in [5.41, 5.74) is 1.07. The zero-order chi connectivity index (χ0) is 14.1. The van der Waals surface area contributed by atoms with E-state index in [0.717, 1.165) is 11.6 Å². The monoisotopic (exact) mass is 273 g/mol. The van der Waals surface area contributed by atoms with Crippen LogP contribution in [-0.4, -0.2) is 16.0 Å². The van der Waals surface area contributed by atoms with Crippen LogP contribution >= 0.6 is 0 Å². The van der Waals surface area contributed by atoms with Crippen LogP contribution < -0.4 is 16.4 Å². The number of aromatic amines is 2. The van der Waals surface area contributed by atoms with E-state index in [-0.39, 0.29) is 0 Å². The lowest BCUT2D eigenvalue weighted by Gasteiger charge is -2.14. The van der Waals surface area contributed by atoms with Crippen LogP contribution in [0.15, 0.2) is 27.8 Å². The Labute approximate surface area is 116 Å². The molecule has 2 atom stereocenters. The summed E-state index contributed by atoms with van der Waals surface area (Å²) in [5.74, 6) is 0.823. The third kappa shape index (κ3) is 2.48. The smallest absolute Gasteiger partial charge is 0.314 e. The van der Waals surface area contributed by atoms with Crippen LogP contribution in [0.3, 0.4) is 0 Å². The molecule has 0 radical (unpaired) electrons. The zero-order valence-electron chi connectivity index (χ0n) is 11.5. The van der Waals surface area contributed by atoms with E-state index in [2.05, 4.69) is 22.2 Å². The summed E-state index contributed by atoms with van der Waals surface area (Å²) >= 11 is 0. The van der Waals surface area contributed by atoms with Gasteiger partial charge in [0.25, 0.3) is 0 Å². The maximum Gasteiger partial charge on any atom is 0.314 e. The van der Waals surface area contributed by atoms with Crippen molar-refractivity contribution in [1.29, 1.82) is 0 Å². The van der Waals surface area contributed by atoms with Gasteiger partial charge in [0.1, 0.15) is 0 Å². The highest BCUT2D eigenvalue weighted by atomic mass is 16.2. The molecule has 1 heterocycles. The number of anilines is 1. The third-order valence-corrected chi connectivity index (χ3v) is 4.21. The molecule has 1 aliphatic rings. The maximum atomic E-state index is 11.4. The lowest BCUT2D eigenvalue weighted by atomic mass is 10.1. The molecule has 1 aliphatic carbocycles. The van der Waals surface area contributed by atoms with E-state index in [1.165, 1.54) is 25.7 Å². The molecule has 5 nitrogen and oxygen atoms in total. The van der Waals surface area contributed by atoms with Gasteiger partial charge in [-0.2, -0.15) is 0 Å². The molecular formula is C15H19N3O2. The van der Waals surface area contributed by atoms with Gasteiger partial charge in [-0.3, -0.25) is 9.59 Å². The number of benzene rings is 1. The van der Waals surface area contributed by atoms with Gasteiger partial charge in [-0.25, -0.2) is 0 Å². The fraction of sp³-hybridized carbons (Fsp3) is 0.467. The minimum absolute atomic E-state index is 0.506. The Balaban J connectivity index is 1.84. The van der Waals surface area contributed by atoms with Gasteiger partial charge in [0.2, 0.25) is 0 Å². The van der Waals surface area contributed by atoms with Crippen LogP contribution in [0.4, 0.5) is 5.69 Å². The van der Waals surface area contributed by atoms with Crippen molar-refractivity contribution >= 4 is 16.7 Å². The second-order valence-corrected chi connectivity index (χ2v) is 5.60. The Kier molecular flexibility index (Phi) is 3.34. The van der Waals surface area contributed by atoms with Gasteiger partial charge >= 0.3 is 11.1 Å². The molecule has 2 aromatic rings. The van der Waals surface area contributed by atoms with Crippen molar-refractivity contribution in [2.24, 2.45) is 5.92 Å². The summed E-state index contributed by atoms with van der Waals surface area (Å²) in [7, 11) is 0. The van der Waals surface area contributed by atoms with E-state index < -0.39 is 11.1 Å². The first kappa shape index (κ1) is 13.0. The van der Waals surface area contributed by atoms with E-state index in [1.54, 1.807) is 0 Å². The van der Waals surface area contributed by atoms with Crippen molar-refractivity contribution in [3.63, 3.8) is 0 Å². The first-order valence-corrected chi connectivity index (χ1v) is 7.18. The molecule has 1 aromatic heterocycles. The number of nitrogens with one attached hydrogen (secondary N) is 3. The Morgan fingerprint density at radius 2 is 1.90 bits per heavy atom. The number of fused-ring (bicyclic) bond motifs is 1. The van der Waals surface area contributed by atoms with E-state index >= 15 is 0 Å². The van der Waals surface area contributed by atoms with Crippen LogP contribution in [0.2, 0.25) is 0 Å². The molecule has 1 aromatic carbocycles. The number of aromatic nitrogens is 2. The highest BCUT2D eigenvalue weighted by Crippen LogP contribution is 2.30. The highest BCUT2D eigenvalue weighted by molar-refractivity contribution is 5.78. The molecule has 106 valence electrons. The second kappa shape index (κ2) is 5.15. The first-order chi connectivity index (χ1) is 9.65. The fourth-order valence-corrected chi connectivity index (χ4v) is 3.02. The predicted molar refractivity (Wildman–Crippen MR) is 80.2 cm³/mol. The molecule has 0 bridgehead atoms. The quantitative estimate of drug-likeness (QED) is 0.750. The van der Waals surface area contributed by atoms with Crippen LogP contribution in [0.5, 0.6) is 0 Å². The summed E-state index contributed by atoms with van der Waals surface area (Å²) in [6.07, 6.45) is 4.92. The third-order valence-electron chi connectivity index (χ3n) is 4.21. The molecule has 2 unspecified atom stereocenters. The Morgan fingerprint density at radius 3 is 2.60 bits per heavy atom. The van der Waals surface area contributed by atoms with E-state index in [0.29, 0.717) is 17.1 Å². The van der Waals surface area contributed by atoms with Crippen LogP contribution in [0.25, 0.3) is 11.0 Å². The molecule has 0 aliphatic heterocycles. The summed E-state index contributed by atoms with van der Waals surface area (Å²) in [4.78, 5) is 27.8. The summed E-state index contributed by atoms with van der Waals surface area (Å²) in [5, 5.41) is 3.52. The van der Waals surface area contributed by atoms with Crippen molar-refractivity contribution in [1.82, 2.24) is 9.97 Å². The number of rotatable bonds is 3. The minimum Gasteiger partial charge on any atom is -0.382 e. The first-order valence-electron chi connectivity index (χ1n) is 7.18. The molecule has 0 amide bonds. The van der Waals surface area contributed by atoms with Crippen molar-refractivity contribution in [2.45, 2.75) is 38.6 Å². The topological polar surface area (TPSA) is 77.8 Å². The maximum absolute atomic E-state index is 11.4. The van der Waals surface area contributed by atoms with Crippen LogP contribution in [0.1, 0.15) is 32.6 Å². The molecule has 3 rings (SSSR count). The predicted octanol–water partition coefficient (Wildman–Crippen LogP) is 2.21. The van der Waals surface area contributed by atoms with Gasteiger partial charge in [0.05, 0.1) is 11.0 Å². The molecule has 20 heavy (non-hydrogen) atoms. The van der Waals surface area contributed by atoms with Gasteiger partial charge in [0.15, 0.2) is 0 Å². The van der Waals surface area contributed by atoms with Gasteiger partial charge in [-0.05, 0) is 43.4 Å². The number of H-pyrrole nitrogens is 2. The molecule has 0 saturated heterocycles. The molecular weight excluding hydrogens is 254 g/mol. The van der Waals surface area contributed by atoms with Gasteiger partial charge in [-0.1, -0.05) is 13.3 Å². The van der Waals surface area contributed by atoms with E-state index in [1.807, 2.05) is 18.2 Å². The van der Waals surface area contributed by atoms with Crippen molar-refractivity contribution in [2.75, 3.05) is 5.32 Å². The zero-order valence-corrected chi connectivity index (χ0v) is 11.5. The Morgan fingerprint density at radius 1 is 1.15 bits per heavy atom. The van der Waals surface area contributed by atoms with E-state index in [9.17, 15) is 9.59 Å². The SMILES string of the molecule is CCC1CCC(Nc2ccc3[nH]c(=O)c(=O)[nH]c3c2)C1. The normalized spacial score (nSPS) is 22.2. The number of hydrogen-bond acceptors (Lipinski definition) is 3. The van der Waals surface area contributed by atoms with Gasteiger partial charge < -0.3 is 15.3 Å². The van der Waals surface area contributed by atoms with Crippen LogP contribution in [0, 0.1) is 5.92 Å². The second-order valence-electron chi connectivity index (χ2n) is 5.60. The van der Waals surface area contributed by atoms with Gasteiger partial charge in [0, 0.05) is 11.7 Å². The summed E-state index contributed by atoms with van der Waals surface area (Å²) < 4.78 is 0. The average molecular weight is 273 g/mol. The van der Waals surface area contributed by atoms with E-state index in [4.69, 9.17) is 0 Å².